The summed E-state index contributed by atoms with van der Waals surface area (Å²) in [5, 5.41) is 0. The first-order chi connectivity index (χ1) is 2.00. The quantitative estimate of drug-likeness (QED) is 0.427. The van der Waals surface area contributed by atoms with Gasteiger partial charge in [-0.3, -0.25) is 0 Å². The van der Waals surface area contributed by atoms with E-state index in [1.165, 1.54) is 0 Å². The van der Waals surface area contributed by atoms with Crippen LogP contribution in [-0.2, 0) is 0 Å². The summed E-state index contributed by atoms with van der Waals surface area (Å²) < 4.78 is -1.20. The summed E-state index contributed by atoms with van der Waals surface area (Å²) in [5.74, 6) is 0. The Morgan fingerprint density at radius 2 is 1.20 bits per heavy atom. The van der Waals surface area contributed by atoms with Gasteiger partial charge in [0.15, 0.2) is 0 Å². The van der Waals surface area contributed by atoms with Crippen LogP contribution in [-0.4, -0.2) is 0 Å². The van der Waals surface area contributed by atoms with Crippen molar-refractivity contribution < 1.29 is 0 Å². The van der Waals surface area contributed by atoms with E-state index in [1.54, 1.807) is 0 Å². The van der Waals surface area contributed by atoms with Crippen molar-refractivity contribution in [3.8, 4) is 0 Å². The fraction of sp³-hybridized carbons (Fsp3) is 0. The van der Waals surface area contributed by atoms with Gasteiger partial charge in [0.1, 0.15) is 0 Å². The summed E-state index contributed by atoms with van der Waals surface area (Å²) in [5.41, 5.74) is 0. The zero-order valence-electron chi connectivity index (χ0n) is 2.01. The molecule has 0 radical (unpaired) electrons. The van der Waals surface area contributed by atoms with E-state index in [9.17, 15) is 0 Å². The summed E-state index contributed by atoms with van der Waals surface area (Å²) in [4.78, 5) is 0. The Kier molecular flexibility index (Phi) is 4.25. The van der Waals surface area contributed by atoms with E-state index in [0.29, 0.717) is 0 Å². The molecule has 0 saturated carbocycles. The first kappa shape index (κ1) is 7.60. The molecule has 0 saturated heterocycles. The summed E-state index contributed by atoms with van der Waals surface area (Å²) in [6.07, 6.45) is 0. The average molecular weight is 399 g/mol. The third kappa shape index (κ3) is 20.7. The van der Waals surface area contributed by atoms with E-state index in [4.69, 9.17) is 0 Å². The Bertz CT molecular complexity index is 22.4. The van der Waals surface area contributed by atoms with Crippen molar-refractivity contribution in [1.29, 1.82) is 0 Å². The van der Waals surface area contributed by atoms with Crippen molar-refractivity contribution in [2.24, 2.45) is 0 Å². The summed E-state index contributed by atoms with van der Waals surface area (Å²) >= 11 is 12.3. The van der Waals surface area contributed by atoms with Gasteiger partial charge in [0.2, 0.25) is 0 Å². The topological polar surface area (TPSA) is 0 Å². The van der Waals surface area contributed by atoms with Crippen molar-refractivity contribution in [3.63, 3.8) is 0 Å². The Morgan fingerprint density at radius 3 is 1.20 bits per heavy atom. The maximum atomic E-state index is 3.33. The van der Waals surface area contributed by atoms with Crippen molar-refractivity contribution in [3.05, 3.63) is 0 Å². The van der Waals surface area contributed by atoms with Gasteiger partial charge in [0.05, 0.1) is 0 Å². The van der Waals surface area contributed by atoms with Gasteiger partial charge < -0.3 is 0 Å². The predicted molar refractivity (Wildman–Crippen MR) is 49.1 cm³/mol. The van der Waals surface area contributed by atoms with E-state index >= 15 is 0 Å². The molecule has 0 fully saturated rings. The van der Waals surface area contributed by atoms with Crippen LogP contribution in [0, 0.1) is 0 Å². The minimum atomic E-state index is -1.20. The Labute approximate surface area is 68.5 Å². The molecule has 0 aromatic rings. The van der Waals surface area contributed by atoms with Gasteiger partial charge in [-0.2, -0.15) is 0 Å². The van der Waals surface area contributed by atoms with Crippen molar-refractivity contribution >= 4 is 69.5 Å². The standard InChI is InChI=1S/Br3HIP/c1-5(2,3)4/h5H. The van der Waals surface area contributed by atoms with Gasteiger partial charge in [-0.15, -0.1) is 0 Å². The summed E-state index contributed by atoms with van der Waals surface area (Å²) in [6, 6.07) is 0. The van der Waals surface area contributed by atoms with Crippen LogP contribution in [0.25, 0.3) is 0 Å². The maximum absolute atomic E-state index is 3.33. The number of halogens is 4. The normalized spacial score (nSPS) is 15.2. The molecule has 0 bridgehead atoms. The van der Waals surface area contributed by atoms with E-state index in [0.717, 1.165) is 0 Å². The minimum absolute atomic E-state index is 1.20. The Hall–Kier alpha value is 2.60. The molecule has 0 unspecified atom stereocenters. The average Bonchev–Trinajstić information content (AvgIpc) is 0.722. The number of rotatable bonds is 0. The van der Waals surface area contributed by atoms with Gasteiger partial charge in [-0.1, -0.05) is 0 Å². The monoisotopic (exact) mass is 396 g/mol. The van der Waals surface area contributed by atoms with E-state index in [2.05, 4.69) is 68.5 Å². The fourth-order valence-electron chi connectivity index (χ4n) is 0. The molecule has 0 aliphatic heterocycles. The zero-order valence-corrected chi connectivity index (χ0v) is 9.93. The Morgan fingerprint density at radius 1 is 1.20 bits per heavy atom. The van der Waals surface area contributed by atoms with Crippen LogP contribution < -0.4 is 0 Å². The molecule has 0 aromatic heterocycles. The van der Waals surface area contributed by atoms with E-state index in [1.807, 2.05) is 0 Å². The first-order valence-corrected chi connectivity index (χ1v) is 12.6. The molecule has 5 heteroatoms. The van der Waals surface area contributed by atoms with Crippen molar-refractivity contribution in [1.82, 2.24) is 0 Å². The molecule has 0 N–H and O–H groups in total. The molecule has 0 spiro atoms. The van der Waals surface area contributed by atoms with E-state index in [-0.39, 0.29) is 0 Å². The molecule has 0 atom stereocenters. The Balaban J connectivity index is 3.02. The van der Waals surface area contributed by atoms with E-state index < -0.39 is 1.01 Å². The van der Waals surface area contributed by atoms with Crippen LogP contribution in [0.15, 0.2) is 0 Å². The summed E-state index contributed by atoms with van der Waals surface area (Å²) in [7, 11) is 0. The van der Waals surface area contributed by atoms with Gasteiger partial charge in [-0.05, 0) is 0 Å². The molecular weight excluding hydrogens is 398 g/mol. The molecular formula is HBr3IP. The third-order valence-corrected chi connectivity index (χ3v) is 0. The van der Waals surface area contributed by atoms with Gasteiger partial charge in [0, 0.05) is 0 Å². The van der Waals surface area contributed by atoms with Crippen LogP contribution in [0.5, 0.6) is 0 Å². The molecule has 0 aliphatic carbocycles. The molecule has 5 heavy (non-hydrogen) atoms. The van der Waals surface area contributed by atoms with Crippen LogP contribution >= 0.6 is 69.5 Å². The first-order valence-electron chi connectivity index (χ1n) is 0.756. The van der Waals surface area contributed by atoms with Gasteiger partial charge >= 0.3 is 69.5 Å². The molecule has 0 amide bonds. The second-order valence-electron chi connectivity index (χ2n) is 0.429. The molecule has 0 aliphatic rings. The molecule has 0 aromatic carbocycles. The SMILES string of the molecule is Br[PH](Br)(Br)I. The van der Waals surface area contributed by atoms with Crippen LogP contribution in [0.2, 0.25) is 0 Å². The second kappa shape index (κ2) is 2.80. The van der Waals surface area contributed by atoms with Gasteiger partial charge in [0.25, 0.3) is 0 Å². The van der Waals surface area contributed by atoms with Crippen molar-refractivity contribution in [2.45, 2.75) is 0 Å². The number of hydrogen-bond donors (Lipinski definition) is 0. The third-order valence-electron chi connectivity index (χ3n) is 0. The summed E-state index contributed by atoms with van der Waals surface area (Å²) in [6.45, 7) is 0. The van der Waals surface area contributed by atoms with Crippen LogP contribution in [0.4, 0.5) is 0 Å². The van der Waals surface area contributed by atoms with Crippen LogP contribution in [0.3, 0.4) is 0 Å². The van der Waals surface area contributed by atoms with Gasteiger partial charge in [-0.25, -0.2) is 0 Å². The van der Waals surface area contributed by atoms with Crippen molar-refractivity contribution in [2.75, 3.05) is 0 Å². The molecule has 0 rings (SSSR count). The zero-order chi connectivity index (χ0) is 4.50. The fourth-order valence-corrected chi connectivity index (χ4v) is 0. The number of hydrogen-bond acceptors (Lipinski definition) is 0. The predicted octanol–water partition coefficient (Wildman–Crippen LogP) is 4.02. The van der Waals surface area contributed by atoms with Crippen LogP contribution in [0.1, 0.15) is 0 Å². The molecule has 34 valence electrons. The molecule has 0 heterocycles. The second-order valence-corrected chi connectivity index (χ2v) is 39.8. The molecule has 0 nitrogen and oxygen atoms in total.